The predicted molar refractivity (Wildman–Crippen MR) is 114 cm³/mol. The lowest BCUT2D eigenvalue weighted by Gasteiger charge is -2.14. The van der Waals surface area contributed by atoms with Crippen molar-refractivity contribution in [1.82, 2.24) is 9.80 Å². The molecular formula is C21H18ClFN2O4S. The Morgan fingerprint density at radius 3 is 2.67 bits per heavy atom. The van der Waals surface area contributed by atoms with Crippen LogP contribution in [0.25, 0.3) is 6.08 Å². The van der Waals surface area contributed by atoms with Crippen LogP contribution in [0.3, 0.4) is 0 Å². The second-order valence-electron chi connectivity index (χ2n) is 6.41. The molecule has 0 bridgehead atoms. The van der Waals surface area contributed by atoms with E-state index in [1.54, 1.807) is 49.5 Å². The smallest absolute Gasteiger partial charge is 0.325 e. The number of nitrogens with zero attached hydrogens (tertiary/aromatic N) is 2. The lowest BCUT2D eigenvalue weighted by atomic mass is 10.1. The molecular weight excluding hydrogens is 431 g/mol. The molecule has 9 heteroatoms. The number of methoxy groups -OCH3 is 1. The Bertz CT molecular complexity index is 1040. The largest absolute Gasteiger partial charge is 0.487 e. The number of esters is 1. The Morgan fingerprint density at radius 2 is 2.00 bits per heavy atom. The van der Waals surface area contributed by atoms with E-state index < -0.39 is 11.9 Å². The summed E-state index contributed by atoms with van der Waals surface area (Å²) in [6.07, 6.45) is 1.61. The van der Waals surface area contributed by atoms with E-state index in [4.69, 9.17) is 28.6 Å². The van der Waals surface area contributed by atoms with Crippen LogP contribution in [0, 0.1) is 5.82 Å². The molecule has 0 saturated carbocycles. The molecule has 1 amide bonds. The van der Waals surface area contributed by atoms with Gasteiger partial charge in [0.25, 0.3) is 5.91 Å². The van der Waals surface area contributed by atoms with Gasteiger partial charge in [-0.05, 0) is 42.1 Å². The summed E-state index contributed by atoms with van der Waals surface area (Å²) < 4.78 is 23.9. The highest BCUT2D eigenvalue weighted by Crippen LogP contribution is 2.29. The topological polar surface area (TPSA) is 59.1 Å². The third-order valence-corrected chi connectivity index (χ3v) is 5.25. The average Bonchev–Trinajstić information content (AvgIpc) is 2.92. The van der Waals surface area contributed by atoms with Crippen LogP contribution in [0.1, 0.15) is 11.1 Å². The van der Waals surface area contributed by atoms with Gasteiger partial charge in [0, 0.05) is 12.6 Å². The molecule has 0 aliphatic carbocycles. The quantitative estimate of drug-likeness (QED) is 0.382. The van der Waals surface area contributed by atoms with E-state index in [0.29, 0.717) is 27.6 Å². The summed E-state index contributed by atoms with van der Waals surface area (Å²) in [6, 6.07) is 11.3. The molecule has 1 heterocycles. The van der Waals surface area contributed by atoms with Crippen molar-refractivity contribution in [1.29, 1.82) is 0 Å². The normalized spacial score (nSPS) is 15.1. The minimum absolute atomic E-state index is 0.0326. The Kier molecular flexibility index (Phi) is 6.69. The fourth-order valence-electron chi connectivity index (χ4n) is 2.80. The highest BCUT2D eigenvalue weighted by atomic mass is 35.5. The number of hydrogen-bond donors (Lipinski definition) is 0. The molecule has 1 saturated heterocycles. The fourth-order valence-corrected chi connectivity index (χ4v) is 3.29. The van der Waals surface area contributed by atoms with E-state index in [-0.39, 0.29) is 24.1 Å². The summed E-state index contributed by atoms with van der Waals surface area (Å²) in [5, 5.41) is 0.510. The average molecular weight is 449 g/mol. The number of halogens is 2. The van der Waals surface area contributed by atoms with Crippen LogP contribution in [0.4, 0.5) is 4.39 Å². The summed E-state index contributed by atoms with van der Waals surface area (Å²) in [5.74, 6) is -0.954. The Hall–Kier alpha value is -2.97. The highest BCUT2D eigenvalue weighted by Gasteiger charge is 2.37. The highest BCUT2D eigenvalue weighted by molar-refractivity contribution is 7.80. The standard InChI is InChI=1S/C21H18ClFN2O4S/c1-24-17(20(27)25(21(24)30)11-19(26)28-2)10-13-7-8-18(15(22)9-13)29-12-14-5-3-4-6-16(14)23/h3-10H,11-12H2,1-2H3/b17-10-. The van der Waals surface area contributed by atoms with Gasteiger partial charge in [0.2, 0.25) is 0 Å². The summed E-state index contributed by atoms with van der Waals surface area (Å²) in [7, 11) is 2.88. The number of hydrogen-bond acceptors (Lipinski definition) is 5. The van der Waals surface area contributed by atoms with Gasteiger partial charge in [-0.3, -0.25) is 14.5 Å². The zero-order valence-corrected chi connectivity index (χ0v) is 17.8. The van der Waals surface area contributed by atoms with E-state index in [1.165, 1.54) is 23.0 Å². The van der Waals surface area contributed by atoms with Crippen molar-refractivity contribution >= 4 is 46.9 Å². The Labute approximate surface area is 183 Å². The molecule has 3 rings (SSSR count). The monoisotopic (exact) mass is 448 g/mol. The van der Waals surface area contributed by atoms with Gasteiger partial charge in [0.05, 0.1) is 12.1 Å². The molecule has 0 radical (unpaired) electrons. The molecule has 1 aliphatic rings. The van der Waals surface area contributed by atoms with Crippen LogP contribution in [0.2, 0.25) is 5.02 Å². The maximum atomic E-state index is 13.7. The molecule has 156 valence electrons. The van der Waals surface area contributed by atoms with E-state index in [1.807, 2.05) is 0 Å². The van der Waals surface area contributed by atoms with Crippen LogP contribution in [0.5, 0.6) is 5.75 Å². The molecule has 1 aliphatic heterocycles. The molecule has 2 aromatic carbocycles. The van der Waals surface area contributed by atoms with Crippen LogP contribution >= 0.6 is 23.8 Å². The number of carbonyl (C=O) groups excluding carboxylic acids is 2. The molecule has 6 nitrogen and oxygen atoms in total. The Balaban J connectivity index is 1.76. The van der Waals surface area contributed by atoms with Crippen molar-refractivity contribution in [3.05, 3.63) is 70.1 Å². The van der Waals surface area contributed by atoms with E-state index in [9.17, 15) is 14.0 Å². The van der Waals surface area contributed by atoms with Gasteiger partial charge in [0.1, 0.15) is 30.4 Å². The van der Waals surface area contributed by atoms with Crippen LogP contribution in [-0.4, -0.2) is 47.5 Å². The zero-order chi connectivity index (χ0) is 21.8. The minimum Gasteiger partial charge on any atom is -0.487 e. The van der Waals surface area contributed by atoms with E-state index in [2.05, 4.69) is 4.74 Å². The van der Waals surface area contributed by atoms with Crippen molar-refractivity contribution in [3.63, 3.8) is 0 Å². The SMILES string of the molecule is COC(=O)CN1C(=O)/C(=C/c2ccc(OCc3ccccc3F)c(Cl)c2)N(C)C1=S. The first-order chi connectivity index (χ1) is 14.3. The van der Waals surface area contributed by atoms with Gasteiger partial charge in [-0.1, -0.05) is 35.9 Å². The van der Waals surface area contributed by atoms with Crippen molar-refractivity contribution in [2.24, 2.45) is 0 Å². The van der Waals surface area contributed by atoms with Crippen molar-refractivity contribution in [2.45, 2.75) is 6.61 Å². The van der Waals surface area contributed by atoms with Gasteiger partial charge < -0.3 is 14.4 Å². The molecule has 2 aromatic rings. The molecule has 0 N–H and O–H groups in total. The molecule has 0 unspecified atom stereocenters. The van der Waals surface area contributed by atoms with E-state index >= 15 is 0 Å². The van der Waals surface area contributed by atoms with Gasteiger partial charge in [0.15, 0.2) is 5.11 Å². The van der Waals surface area contributed by atoms with Crippen molar-refractivity contribution in [2.75, 3.05) is 20.7 Å². The van der Waals surface area contributed by atoms with Gasteiger partial charge in [-0.15, -0.1) is 0 Å². The molecule has 0 aromatic heterocycles. The minimum atomic E-state index is -0.570. The lowest BCUT2D eigenvalue weighted by molar-refractivity contribution is -0.143. The Morgan fingerprint density at radius 1 is 1.27 bits per heavy atom. The summed E-state index contributed by atoms with van der Waals surface area (Å²) in [4.78, 5) is 26.9. The lowest BCUT2D eigenvalue weighted by Crippen LogP contribution is -2.36. The van der Waals surface area contributed by atoms with Gasteiger partial charge in [-0.2, -0.15) is 0 Å². The van der Waals surface area contributed by atoms with Gasteiger partial charge in [-0.25, -0.2) is 4.39 Å². The van der Waals surface area contributed by atoms with Crippen LogP contribution in [0.15, 0.2) is 48.2 Å². The summed E-state index contributed by atoms with van der Waals surface area (Å²) in [5.41, 5.74) is 1.34. The molecule has 0 spiro atoms. The molecule has 0 atom stereocenters. The van der Waals surface area contributed by atoms with E-state index in [0.717, 1.165) is 0 Å². The predicted octanol–water partition coefficient (Wildman–Crippen LogP) is 3.63. The third-order valence-electron chi connectivity index (χ3n) is 4.46. The number of rotatable bonds is 6. The first-order valence-electron chi connectivity index (χ1n) is 8.85. The number of thiocarbonyl (C=S) groups is 1. The number of likely N-dealkylation sites (N-methyl/N-ethyl adjacent to an activating group) is 1. The van der Waals surface area contributed by atoms with Crippen molar-refractivity contribution in [3.8, 4) is 5.75 Å². The second-order valence-corrected chi connectivity index (χ2v) is 7.18. The number of carbonyl (C=O) groups is 2. The summed E-state index contributed by atoms with van der Waals surface area (Å²) >= 11 is 11.5. The van der Waals surface area contributed by atoms with Gasteiger partial charge >= 0.3 is 5.97 Å². The molecule has 1 fully saturated rings. The third kappa shape index (κ3) is 4.60. The molecule has 30 heavy (non-hydrogen) atoms. The number of benzene rings is 2. The maximum Gasteiger partial charge on any atom is 0.325 e. The number of amides is 1. The second kappa shape index (κ2) is 9.23. The zero-order valence-electron chi connectivity index (χ0n) is 16.2. The first-order valence-corrected chi connectivity index (χ1v) is 9.64. The van der Waals surface area contributed by atoms with Crippen LogP contribution in [-0.2, 0) is 20.9 Å². The fraction of sp³-hybridized carbons (Fsp3) is 0.190. The number of ether oxygens (including phenoxy) is 2. The summed E-state index contributed by atoms with van der Waals surface area (Å²) in [6.45, 7) is -0.232. The first kappa shape index (κ1) is 21.7. The maximum absolute atomic E-state index is 13.7. The van der Waals surface area contributed by atoms with Crippen molar-refractivity contribution < 1.29 is 23.5 Å². The van der Waals surface area contributed by atoms with Crippen LogP contribution < -0.4 is 4.74 Å².